The Morgan fingerprint density at radius 3 is 2.48 bits per heavy atom. The molecule has 0 saturated heterocycles. The first kappa shape index (κ1) is 23.1. The highest BCUT2D eigenvalue weighted by atomic mass is 35.5. The number of rotatable bonds is 9. The Labute approximate surface area is 198 Å². The zero-order valence-electron chi connectivity index (χ0n) is 18.9. The second-order valence-electron chi connectivity index (χ2n) is 8.66. The molecule has 0 unspecified atom stereocenters. The number of hydrogen-bond acceptors (Lipinski definition) is 4. The van der Waals surface area contributed by atoms with E-state index in [0.29, 0.717) is 35.4 Å². The van der Waals surface area contributed by atoms with E-state index in [1.54, 1.807) is 6.26 Å². The number of furan rings is 1. The number of carbonyl (C=O) groups excluding carboxylic acids is 2. The predicted octanol–water partition coefficient (Wildman–Crippen LogP) is 5.08. The van der Waals surface area contributed by atoms with E-state index in [-0.39, 0.29) is 18.4 Å². The Balaban J connectivity index is 1.43. The van der Waals surface area contributed by atoms with Gasteiger partial charge in [-0.25, -0.2) is 0 Å². The average molecular weight is 466 g/mol. The first-order valence-electron chi connectivity index (χ1n) is 11.1. The molecule has 1 aliphatic rings. The van der Waals surface area contributed by atoms with Crippen LogP contribution in [-0.2, 0) is 17.9 Å². The molecule has 2 amide bonds. The summed E-state index contributed by atoms with van der Waals surface area (Å²) < 4.78 is 5.50. The van der Waals surface area contributed by atoms with Crippen LogP contribution in [0.3, 0.4) is 0 Å². The summed E-state index contributed by atoms with van der Waals surface area (Å²) in [5, 5.41) is 6.48. The van der Waals surface area contributed by atoms with Gasteiger partial charge in [-0.2, -0.15) is 0 Å². The largest absolute Gasteiger partial charge is 0.468 e. The molecule has 4 rings (SSSR count). The van der Waals surface area contributed by atoms with Gasteiger partial charge < -0.3 is 15.1 Å². The lowest BCUT2D eigenvalue weighted by molar-refractivity contribution is -0.117. The predicted molar refractivity (Wildman–Crippen MR) is 129 cm³/mol. The second-order valence-corrected chi connectivity index (χ2v) is 9.06. The van der Waals surface area contributed by atoms with E-state index in [2.05, 4.69) is 10.6 Å². The molecule has 1 aliphatic carbocycles. The van der Waals surface area contributed by atoms with Crippen molar-refractivity contribution in [2.75, 3.05) is 11.9 Å². The monoisotopic (exact) mass is 465 g/mol. The zero-order valence-corrected chi connectivity index (χ0v) is 19.6. The van der Waals surface area contributed by atoms with Gasteiger partial charge in [0.05, 0.1) is 30.1 Å². The molecule has 6 nitrogen and oxygen atoms in total. The Morgan fingerprint density at radius 2 is 1.85 bits per heavy atom. The fourth-order valence-electron chi connectivity index (χ4n) is 3.76. The number of halogens is 1. The molecule has 7 heteroatoms. The summed E-state index contributed by atoms with van der Waals surface area (Å²) in [5.74, 6) is 0.574. The molecule has 0 atom stereocenters. The molecule has 172 valence electrons. The van der Waals surface area contributed by atoms with Crippen LogP contribution in [0.25, 0.3) is 0 Å². The van der Waals surface area contributed by atoms with Crippen LogP contribution in [-0.4, -0.2) is 29.3 Å². The van der Waals surface area contributed by atoms with Crippen molar-refractivity contribution in [3.63, 3.8) is 0 Å². The Bertz CT molecular complexity index is 1100. The zero-order chi connectivity index (χ0) is 23.4. The molecule has 0 spiro atoms. The van der Waals surface area contributed by atoms with Crippen molar-refractivity contribution in [1.29, 1.82) is 0 Å². The Morgan fingerprint density at radius 1 is 1.09 bits per heavy atom. The van der Waals surface area contributed by atoms with Crippen molar-refractivity contribution < 1.29 is 14.0 Å². The quantitative estimate of drug-likeness (QED) is 0.462. The van der Waals surface area contributed by atoms with Gasteiger partial charge in [-0.1, -0.05) is 29.8 Å². The molecule has 2 N–H and O–H groups in total. The number of amides is 2. The van der Waals surface area contributed by atoms with Crippen LogP contribution in [0.4, 0.5) is 5.69 Å². The third-order valence-electron chi connectivity index (χ3n) is 5.56. The van der Waals surface area contributed by atoms with Gasteiger partial charge in [-0.05, 0) is 73.7 Å². The molecular formula is C26H28ClN3O3. The van der Waals surface area contributed by atoms with Crippen molar-refractivity contribution in [3.05, 3.63) is 87.8 Å². The minimum Gasteiger partial charge on any atom is -0.468 e. The summed E-state index contributed by atoms with van der Waals surface area (Å²) in [6, 6.07) is 15.4. The maximum atomic E-state index is 12.9. The highest BCUT2D eigenvalue weighted by Crippen LogP contribution is 2.27. The Hall–Kier alpha value is -3.09. The number of anilines is 1. The second kappa shape index (κ2) is 10.2. The first-order chi connectivity index (χ1) is 15.9. The summed E-state index contributed by atoms with van der Waals surface area (Å²) in [6.07, 6.45) is 3.73. The Kier molecular flexibility index (Phi) is 7.16. The van der Waals surface area contributed by atoms with Crippen LogP contribution in [0.2, 0.25) is 5.02 Å². The van der Waals surface area contributed by atoms with E-state index in [4.69, 9.17) is 16.0 Å². The minimum absolute atomic E-state index is 0.0405. The van der Waals surface area contributed by atoms with Crippen molar-refractivity contribution >= 4 is 29.1 Å². The van der Waals surface area contributed by atoms with E-state index in [0.717, 1.165) is 35.3 Å². The van der Waals surface area contributed by atoms with Gasteiger partial charge in [0, 0.05) is 18.2 Å². The smallest absolute Gasteiger partial charge is 0.251 e. The maximum absolute atomic E-state index is 12.9. The van der Waals surface area contributed by atoms with Gasteiger partial charge in [0.1, 0.15) is 5.76 Å². The molecule has 1 aromatic heterocycles. The normalized spacial score (nSPS) is 13.2. The van der Waals surface area contributed by atoms with Gasteiger partial charge >= 0.3 is 0 Å². The fourth-order valence-corrected chi connectivity index (χ4v) is 4.13. The van der Waals surface area contributed by atoms with Gasteiger partial charge in [0.25, 0.3) is 5.91 Å². The van der Waals surface area contributed by atoms with Crippen LogP contribution < -0.4 is 10.6 Å². The topological polar surface area (TPSA) is 74.6 Å². The molecule has 0 radical (unpaired) electrons. The lowest BCUT2D eigenvalue weighted by Gasteiger charge is -2.22. The fraction of sp³-hybridized carbons (Fsp3) is 0.308. The summed E-state index contributed by atoms with van der Waals surface area (Å²) in [5.41, 5.74) is 4.25. The number of nitrogens with one attached hydrogen (secondary N) is 2. The van der Waals surface area contributed by atoms with E-state index < -0.39 is 0 Å². The van der Waals surface area contributed by atoms with E-state index in [1.165, 1.54) is 0 Å². The third-order valence-corrected chi connectivity index (χ3v) is 5.86. The molecule has 0 bridgehead atoms. The number of aryl methyl sites for hydroxylation is 2. The van der Waals surface area contributed by atoms with Gasteiger partial charge in [0.2, 0.25) is 5.91 Å². The lowest BCUT2D eigenvalue weighted by atomic mass is 10.1. The number of carbonyl (C=O) groups is 2. The van der Waals surface area contributed by atoms with E-state index in [9.17, 15) is 9.59 Å². The van der Waals surface area contributed by atoms with E-state index in [1.807, 2.05) is 67.3 Å². The minimum atomic E-state index is -0.157. The van der Waals surface area contributed by atoms with Crippen molar-refractivity contribution in [2.24, 2.45) is 0 Å². The van der Waals surface area contributed by atoms with Gasteiger partial charge in [0.15, 0.2) is 0 Å². The molecule has 1 heterocycles. The van der Waals surface area contributed by atoms with Crippen molar-refractivity contribution in [2.45, 2.75) is 45.8 Å². The van der Waals surface area contributed by atoms with Crippen LogP contribution in [0.1, 0.15) is 45.7 Å². The lowest BCUT2D eigenvalue weighted by Crippen LogP contribution is -2.32. The molecule has 1 fully saturated rings. The standard InChI is InChI=1S/C26H28ClN3O3/c1-17-12-18(2)25(23(27)13-17)29-24(31)16-30(15-22-4-3-11-33-22)14-19-5-7-20(8-6-19)26(32)28-21-9-10-21/h3-8,11-13,21H,9-10,14-16H2,1-2H3,(H,28,32)(H,29,31). The highest BCUT2D eigenvalue weighted by molar-refractivity contribution is 6.34. The SMILES string of the molecule is Cc1cc(C)c(NC(=O)CN(Cc2ccc(C(=O)NC3CC3)cc2)Cc2ccco2)c(Cl)c1. The van der Waals surface area contributed by atoms with Gasteiger partial charge in [-0.3, -0.25) is 14.5 Å². The summed E-state index contributed by atoms with van der Waals surface area (Å²) in [6.45, 7) is 5.06. The average Bonchev–Trinajstić information content (AvgIpc) is 3.43. The van der Waals surface area contributed by atoms with Crippen LogP contribution in [0.15, 0.2) is 59.2 Å². The molecule has 33 heavy (non-hydrogen) atoms. The number of nitrogens with zero attached hydrogens (tertiary/aromatic N) is 1. The van der Waals surface area contributed by atoms with Crippen LogP contribution >= 0.6 is 11.6 Å². The summed E-state index contributed by atoms with van der Waals surface area (Å²) in [7, 11) is 0. The van der Waals surface area contributed by atoms with E-state index >= 15 is 0 Å². The first-order valence-corrected chi connectivity index (χ1v) is 11.5. The molecule has 0 aliphatic heterocycles. The van der Waals surface area contributed by atoms with Crippen LogP contribution in [0.5, 0.6) is 0 Å². The maximum Gasteiger partial charge on any atom is 0.251 e. The van der Waals surface area contributed by atoms with Gasteiger partial charge in [-0.15, -0.1) is 0 Å². The third kappa shape index (κ3) is 6.46. The molecule has 2 aromatic carbocycles. The molecular weight excluding hydrogens is 438 g/mol. The number of benzene rings is 2. The van der Waals surface area contributed by atoms with Crippen molar-refractivity contribution in [3.8, 4) is 0 Å². The highest BCUT2D eigenvalue weighted by Gasteiger charge is 2.23. The van der Waals surface area contributed by atoms with Crippen molar-refractivity contribution in [1.82, 2.24) is 10.2 Å². The van der Waals surface area contributed by atoms with Crippen LogP contribution in [0, 0.1) is 13.8 Å². The molecule has 1 saturated carbocycles. The summed E-state index contributed by atoms with van der Waals surface area (Å²) >= 11 is 6.36. The summed E-state index contributed by atoms with van der Waals surface area (Å²) in [4.78, 5) is 27.1. The number of hydrogen-bond donors (Lipinski definition) is 2. The molecule has 3 aromatic rings.